The van der Waals surface area contributed by atoms with Gasteiger partial charge in [0.1, 0.15) is 0 Å². The quantitative estimate of drug-likeness (QED) is 0.636. The number of halogens is 1. The molecule has 144 valence electrons. The molecule has 2 aliphatic rings. The fourth-order valence-electron chi connectivity index (χ4n) is 4.58. The summed E-state index contributed by atoms with van der Waals surface area (Å²) in [6, 6.07) is 12.4. The van der Waals surface area contributed by atoms with Gasteiger partial charge < -0.3 is 9.88 Å². The molecule has 0 radical (unpaired) electrons. The van der Waals surface area contributed by atoms with Crippen molar-refractivity contribution >= 4 is 38.8 Å². The third kappa shape index (κ3) is 2.66. The molecule has 0 amide bonds. The van der Waals surface area contributed by atoms with Crippen LogP contribution in [-0.4, -0.2) is 19.0 Å². The first-order valence-electron chi connectivity index (χ1n) is 9.09. The van der Waals surface area contributed by atoms with Crippen LogP contribution in [-0.2, 0) is 23.3 Å². The standard InChI is InChI=1S/C21H19N3O2S.ClH/c1-22-13-3-6-15(7-4-13)27(25,26)16-8-10-19-17(12-16)21-18-9-5-14(23-18)11-20(21)24(19)2;/h3-4,6-8,10,12,14,18,23H,5,9,11H2,2H3;1H. The van der Waals surface area contributed by atoms with Crippen molar-refractivity contribution in [3.05, 3.63) is 65.1 Å². The Bertz CT molecular complexity index is 1220. The zero-order valence-corrected chi connectivity index (χ0v) is 17.0. The maximum Gasteiger partial charge on any atom is 0.206 e. The smallest absolute Gasteiger partial charge is 0.206 e. The van der Waals surface area contributed by atoms with Crippen molar-refractivity contribution in [1.29, 1.82) is 0 Å². The fourth-order valence-corrected chi connectivity index (χ4v) is 5.87. The number of nitrogens with zero attached hydrogens (tertiary/aromatic N) is 2. The zero-order valence-electron chi connectivity index (χ0n) is 15.3. The monoisotopic (exact) mass is 413 g/mol. The van der Waals surface area contributed by atoms with Gasteiger partial charge in [-0.25, -0.2) is 13.3 Å². The maximum atomic E-state index is 13.1. The van der Waals surface area contributed by atoms with Crippen LogP contribution in [0.15, 0.2) is 52.3 Å². The first kappa shape index (κ1) is 19.0. The number of sulfone groups is 1. The molecule has 0 saturated carbocycles. The fraction of sp³-hybridized carbons (Fsp3) is 0.286. The summed E-state index contributed by atoms with van der Waals surface area (Å²) < 4.78 is 28.4. The largest absolute Gasteiger partial charge is 0.347 e. The van der Waals surface area contributed by atoms with Crippen LogP contribution in [0.4, 0.5) is 5.69 Å². The van der Waals surface area contributed by atoms with Gasteiger partial charge in [-0.05, 0) is 36.6 Å². The molecule has 1 aromatic heterocycles. The number of hydrogen-bond acceptors (Lipinski definition) is 3. The molecule has 3 heterocycles. The van der Waals surface area contributed by atoms with Crippen molar-refractivity contribution in [2.45, 2.75) is 41.1 Å². The van der Waals surface area contributed by atoms with Crippen molar-refractivity contribution in [3.8, 4) is 0 Å². The minimum absolute atomic E-state index is 0. The number of benzene rings is 2. The number of hydrogen-bond donors (Lipinski definition) is 1. The second-order valence-electron chi connectivity index (χ2n) is 7.41. The van der Waals surface area contributed by atoms with Crippen LogP contribution in [0.25, 0.3) is 15.7 Å². The Labute approximate surface area is 170 Å². The minimum atomic E-state index is -3.62. The van der Waals surface area contributed by atoms with Gasteiger partial charge in [-0.1, -0.05) is 24.3 Å². The van der Waals surface area contributed by atoms with E-state index in [1.54, 1.807) is 18.2 Å². The summed E-state index contributed by atoms with van der Waals surface area (Å²) in [6.07, 6.45) is 3.27. The number of fused-ring (bicyclic) bond motifs is 6. The van der Waals surface area contributed by atoms with Gasteiger partial charge in [0.15, 0.2) is 5.69 Å². The average Bonchev–Trinajstić information content (AvgIpc) is 3.20. The topological polar surface area (TPSA) is 55.5 Å². The van der Waals surface area contributed by atoms with E-state index in [-0.39, 0.29) is 17.3 Å². The molecule has 28 heavy (non-hydrogen) atoms. The van der Waals surface area contributed by atoms with Crippen molar-refractivity contribution in [1.82, 2.24) is 9.88 Å². The predicted octanol–water partition coefficient (Wildman–Crippen LogP) is 4.33. The lowest BCUT2D eigenvalue weighted by Crippen LogP contribution is -2.32. The Morgan fingerprint density at radius 2 is 1.82 bits per heavy atom. The molecule has 5 rings (SSSR count). The second-order valence-corrected chi connectivity index (χ2v) is 9.35. The van der Waals surface area contributed by atoms with Crippen LogP contribution in [0, 0.1) is 6.57 Å². The minimum Gasteiger partial charge on any atom is -0.347 e. The summed E-state index contributed by atoms with van der Waals surface area (Å²) in [6.45, 7) is 7.02. The van der Waals surface area contributed by atoms with E-state index in [0.29, 0.717) is 22.7 Å². The van der Waals surface area contributed by atoms with Gasteiger partial charge in [-0.3, -0.25) is 0 Å². The van der Waals surface area contributed by atoms with Crippen LogP contribution >= 0.6 is 12.4 Å². The van der Waals surface area contributed by atoms with Gasteiger partial charge in [0.25, 0.3) is 0 Å². The Morgan fingerprint density at radius 1 is 1.11 bits per heavy atom. The van der Waals surface area contributed by atoms with Gasteiger partial charge >= 0.3 is 0 Å². The maximum absolute atomic E-state index is 13.1. The van der Waals surface area contributed by atoms with Crippen molar-refractivity contribution in [2.24, 2.45) is 7.05 Å². The van der Waals surface area contributed by atoms with E-state index in [1.807, 2.05) is 12.1 Å². The van der Waals surface area contributed by atoms with Crippen molar-refractivity contribution in [3.63, 3.8) is 0 Å². The molecule has 1 fully saturated rings. The van der Waals surface area contributed by atoms with E-state index in [1.165, 1.54) is 29.8 Å². The lowest BCUT2D eigenvalue weighted by atomic mass is 9.99. The molecule has 1 saturated heterocycles. The Hall–Kier alpha value is -2.33. The molecule has 2 bridgehead atoms. The van der Waals surface area contributed by atoms with Gasteiger partial charge in [0.05, 0.1) is 16.4 Å². The molecule has 7 heteroatoms. The van der Waals surface area contributed by atoms with Gasteiger partial charge in [0.2, 0.25) is 9.84 Å². The van der Waals surface area contributed by atoms with Crippen LogP contribution in [0.5, 0.6) is 0 Å². The lowest BCUT2D eigenvalue weighted by Gasteiger charge is -2.23. The van der Waals surface area contributed by atoms with E-state index in [4.69, 9.17) is 6.57 Å². The molecule has 3 aromatic rings. The molecule has 2 unspecified atom stereocenters. The third-order valence-corrected chi connectivity index (χ3v) is 7.72. The summed E-state index contributed by atoms with van der Waals surface area (Å²) in [5.41, 5.74) is 4.11. The van der Waals surface area contributed by atoms with Crippen molar-refractivity contribution < 1.29 is 8.42 Å². The van der Waals surface area contributed by atoms with Crippen LogP contribution in [0.3, 0.4) is 0 Å². The molecule has 0 spiro atoms. The molecule has 5 nitrogen and oxygen atoms in total. The molecule has 1 N–H and O–H groups in total. The Morgan fingerprint density at radius 3 is 2.54 bits per heavy atom. The second kappa shape index (κ2) is 6.63. The highest BCUT2D eigenvalue weighted by molar-refractivity contribution is 7.91. The summed E-state index contributed by atoms with van der Waals surface area (Å²) in [5, 5.41) is 4.70. The van der Waals surface area contributed by atoms with E-state index < -0.39 is 9.84 Å². The lowest BCUT2D eigenvalue weighted by molar-refractivity contribution is 0.503. The molecular weight excluding hydrogens is 394 g/mol. The molecule has 2 aromatic carbocycles. The third-order valence-electron chi connectivity index (χ3n) is 5.95. The van der Waals surface area contributed by atoms with Crippen LogP contribution in [0.1, 0.15) is 30.1 Å². The van der Waals surface area contributed by atoms with Crippen LogP contribution < -0.4 is 5.32 Å². The SMILES string of the molecule is Cl.[C-]#[N+]c1ccc(S(=O)(=O)c2ccc3c(c2)c2c(n3C)CC3CCC2N3)cc1. The predicted molar refractivity (Wildman–Crippen MR) is 111 cm³/mol. The highest BCUT2D eigenvalue weighted by Crippen LogP contribution is 2.42. The summed E-state index contributed by atoms with van der Waals surface area (Å²) in [7, 11) is -1.55. The van der Waals surface area contributed by atoms with Crippen LogP contribution in [0.2, 0.25) is 0 Å². The average molecular weight is 414 g/mol. The summed E-state index contributed by atoms with van der Waals surface area (Å²) >= 11 is 0. The van der Waals surface area contributed by atoms with Gasteiger partial charge in [-0.2, -0.15) is 0 Å². The Balaban J connectivity index is 0.00000192. The normalized spacial score (nSPS) is 20.4. The van der Waals surface area contributed by atoms with Crippen molar-refractivity contribution in [2.75, 3.05) is 0 Å². The van der Waals surface area contributed by atoms with Gasteiger partial charge in [-0.15, -0.1) is 12.4 Å². The highest BCUT2D eigenvalue weighted by atomic mass is 35.5. The number of rotatable bonds is 2. The first-order chi connectivity index (χ1) is 13.0. The van der Waals surface area contributed by atoms with E-state index in [2.05, 4.69) is 21.8 Å². The number of nitrogens with one attached hydrogen (secondary N) is 1. The first-order valence-corrected chi connectivity index (χ1v) is 10.6. The summed E-state index contributed by atoms with van der Waals surface area (Å²) in [5.74, 6) is 0. The number of aromatic nitrogens is 1. The Kier molecular flexibility index (Phi) is 4.50. The molecule has 2 aliphatic heterocycles. The zero-order chi connectivity index (χ0) is 18.8. The van der Waals surface area contributed by atoms with E-state index in [0.717, 1.165) is 23.7 Å². The van der Waals surface area contributed by atoms with Gasteiger partial charge in [0, 0.05) is 42.1 Å². The molecular formula is C21H20ClN3O2S. The van der Waals surface area contributed by atoms with E-state index in [9.17, 15) is 8.42 Å². The van der Waals surface area contributed by atoms with E-state index >= 15 is 0 Å². The molecule has 2 atom stereocenters. The highest BCUT2D eigenvalue weighted by Gasteiger charge is 2.36. The number of aryl methyl sites for hydroxylation is 1. The summed E-state index contributed by atoms with van der Waals surface area (Å²) in [4.78, 5) is 3.85. The molecule has 0 aliphatic carbocycles.